The molecule has 1 aromatic heterocycles. The zero-order valence-electron chi connectivity index (χ0n) is 10.9. The first kappa shape index (κ1) is 12.6. The van der Waals surface area contributed by atoms with Gasteiger partial charge in [0.2, 0.25) is 0 Å². The standard InChI is InChI=1S/C16H18N2S/c17-14-8-4-5-12(9-14)10-16-18-15(11-19-16)13-6-2-1-3-7-13/h1-3,6-7,9,11,14H,4-5,8,10,17H2. The van der Waals surface area contributed by atoms with E-state index < -0.39 is 0 Å². The minimum atomic E-state index is 0.248. The van der Waals surface area contributed by atoms with Crippen LogP contribution in [0.2, 0.25) is 0 Å². The fraction of sp³-hybridized carbons (Fsp3) is 0.312. The average molecular weight is 270 g/mol. The van der Waals surface area contributed by atoms with Gasteiger partial charge in [0.05, 0.1) is 10.7 Å². The van der Waals surface area contributed by atoms with Gasteiger partial charge in [0.1, 0.15) is 0 Å². The fourth-order valence-corrected chi connectivity index (χ4v) is 3.37. The maximum atomic E-state index is 5.98. The lowest BCUT2D eigenvalue weighted by atomic mass is 9.94. The molecule has 0 bridgehead atoms. The van der Waals surface area contributed by atoms with Crippen LogP contribution in [0.15, 0.2) is 47.4 Å². The van der Waals surface area contributed by atoms with Gasteiger partial charge in [-0.05, 0) is 19.3 Å². The van der Waals surface area contributed by atoms with Gasteiger partial charge in [-0.15, -0.1) is 11.3 Å². The maximum Gasteiger partial charge on any atom is 0.0973 e. The number of benzene rings is 1. The van der Waals surface area contributed by atoms with Crippen LogP contribution in [0.4, 0.5) is 0 Å². The van der Waals surface area contributed by atoms with Crippen LogP contribution in [-0.4, -0.2) is 11.0 Å². The van der Waals surface area contributed by atoms with Crippen LogP contribution in [0, 0.1) is 0 Å². The molecule has 0 fully saturated rings. The topological polar surface area (TPSA) is 38.9 Å². The van der Waals surface area contributed by atoms with Crippen LogP contribution in [0.25, 0.3) is 11.3 Å². The Hall–Kier alpha value is -1.45. The van der Waals surface area contributed by atoms with E-state index >= 15 is 0 Å². The molecule has 1 unspecified atom stereocenters. The van der Waals surface area contributed by atoms with Gasteiger partial charge >= 0.3 is 0 Å². The predicted octanol–water partition coefficient (Wildman–Crippen LogP) is 3.79. The molecular weight excluding hydrogens is 252 g/mol. The van der Waals surface area contributed by atoms with E-state index in [-0.39, 0.29) is 6.04 Å². The molecule has 2 nitrogen and oxygen atoms in total. The smallest absolute Gasteiger partial charge is 0.0973 e. The summed E-state index contributed by atoms with van der Waals surface area (Å²) in [6.07, 6.45) is 6.70. The molecule has 3 heteroatoms. The Bertz CT molecular complexity index is 571. The number of hydrogen-bond acceptors (Lipinski definition) is 3. The number of nitrogens with two attached hydrogens (primary N) is 1. The second kappa shape index (κ2) is 5.68. The number of nitrogens with zero attached hydrogens (tertiary/aromatic N) is 1. The summed E-state index contributed by atoms with van der Waals surface area (Å²) in [6, 6.07) is 10.6. The highest BCUT2D eigenvalue weighted by Gasteiger charge is 2.12. The molecule has 0 aliphatic heterocycles. The summed E-state index contributed by atoms with van der Waals surface area (Å²) in [4.78, 5) is 4.74. The number of aromatic nitrogens is 1. The molecule has 3 rings (SSSR count). The van der Waals surface area contributed by atoms with Gasteiger partial charge in [0.15, 0.2) is 0 Å². The SMILES string of the molecule is NC1C=C(Cc2nc(-c3ccccc3)cs2)CCC1. The molecular formula is C16H18N2S. The first-order chi connectivity index (χ1) is 9.31. The van der Waals surface area contributed by atoms with Crippen LogP contribution in [0.1, 0.15) is 24.3 Å². The first-order valence-electron chi connectivity index (χ1n) is 6.76. The van der Waals surface area contributed by atoms with Crippen LogP contribution in [0.5, 0.6) is 0 Å². The summed E-state index contributed by atoms with van der Waals surface area (Å²) < 4.78 is 0. The molecule has 1 atom stereocenters. The second-order valence-corrected chi connectivity index (χ2v) is 5.99. The van der Waals surface area contributed by atoms with Crippen molar-refractivity contribution in [2.24, 2.45) is 5.73 Å². The predicted molar refractivity (Wildman–Crippen MR) is 81.2 cm³/mol. The van der Waals surface area contributed by atoms with Crippen molar-refractivity contribution in [3.8, 4) is 11.3 Å². The van der Waals surface area contributed by atoms with Gasteiger partial charge in [-0.3, -0.25) is 0 Å². The Balaban J connectivity index is 1.75. The fourth-order valence-electron chi connectivity index (χ4n) is 2.51. The lowest BCUT2D eigenvalue weighted by molar-refractivity contribution is 0.617. The van der Waals surface area contributed by atoms with Gasteiger partial charge in [-0.25, -0.2) is 4.98 Å². The Labute approximate surface area is 118 Å². The molecule has 0 amide bonds. The third-order valence-corrected chi connectivity index (χ3v) is 4.33. The van der Waals surface area contributed by atoms with E-state index in [0.717, 1.165) is 18.5 Å². The molecule has 1 aromatic carbocycles. The van der Waals surface area contributed by atoms with Crippen LogP contribution in [-0.2, 0) is 6.42 Å². The summed E-state index contributed by atoms with van der Waals surface area (Å²) in [6.45, 7) is 0. The molecule has 98 valence electrons. The van der Waals surface area contributed by atoms with Crippen LogP contribution < -0.4 is 5.73 Å². The zero-order chi connectivity index (χ0) is 13.1. The molecule has 2 N–H and O–H groups in total. The van der Waals surface area contributed by atoms with Crippen LogP contribution >= 0.6 is 11.3 Å². The number of allylic oxidation sites excluding steroid dienone is 1. The number of hydrogen-bond donors (Lipinski definition) is 1. The average Bonchev–Trinajstić information content (AvgIpc) is 2.88. The van der Waals surface area contributed by atoms with E-state index in [1.165, 1.54) is 29.0 Å². The zero-order valence-corrected chi connectivity index (χ0v) is 11.7. The summed E-state index contributed by atoms with van der Waals surface area (Å²) >= 11 is 1.75. The summed E-state index contributed by atoms with van der Waals surface area (Å²) in [5, 5.41) is 3.34. The lowest BCUT2D eigenvalue weighted by Crippen LogP contribution is -2.20. The third-order valence-electron chi connectivity index (χ3n) is 3.48. The Morgan fingerprint density at radius 3 is 2.89 bits per heavy atom. The monoisotopic (exact) mass is 270 g/mol. The Morgan fingerprint density at radius 2 is 2.11 bits per heavy atom. The van der Waals surface area contributed by atoms with Gasteiger partial charge in [0.25, 0.3) is 0 Å². The molecule has 0 radical (unpaired) electrons. The number of thiazole rings is 1. The highest BCUT2D eigenvalue weighted by atomic mass is 32.1. The quantitative estimate of drug-likeness (QED) is 0.862. The van der Waals surface area contributed by atoms with Gasteiger partial charge in [-0.2, -0.15) is 0 Å². The number of rotatable bonds is 3. The van der Waals surface area contributed by atoms with Crippen molar-refractivity contribution in [3.63, 3.8) is 0 Å². The van der Waals surface area contributed by atoms with Gasteiger partial charge in [0, 0.05) is 23.4 Å². The van der Waals surface area contributed by atoms with Crippen molar-refractivity contribution >= 4 is 11.3 Å². The minimum Gasteiger partial charge on any atom is -0.324 e. The van der Waals surface area contributed by atoms with Crippen molar-refractivity contribution in [2.45, 2.75) is 31.7 Å². The maximum absolute atomic E-state index is 5.98. The molecule has 1 aliphatic carbocycles. The van der Waals surface area contributed by atoms with E-state index in [4.69, 9.17) is 10.7 Å². The van der Waals surface area contributed by atoms with E-state index in [1.807, 2.05) is 6.07 Å². The summed E-state index contributed by atoms with van der Waals surface area (Å²) in [7, 11) is 0. The Kier molecular flexibility index (Phi) is 3.76. The minimum absolute atomic E-state index is 0.248. The molecule has 0 saturated carbocycles. The van der Waals surface area contributed by atoms with Crippen molar-refractivity contribution in [3.05, 3.63) is 52.4 Å². The molecule has 1 heterocycles. The van der Waals surface area contributed by atoms with Crippen molar-refractivity contribution in [1.29, 1.82) is 0 Å². The van der Waals surface area contributed by atoms with Crippen molar-refractivity contribution in [1.82, 2.24) is 4.98 Å². The summed E-state index contributed by atoms with van der Waals surface area (Å²) in [5.74, 6) is 0. The largest absolute Gasteiger partial charge is 0.324 e. The summed E-state index contributed by atoms with van der Waals surface area (Å²) in [5.41, 5.74) is 9.71. The van der Waals surface area contributed by atoms with Crippen LogP contribution in [0.3, 0.4) is 0 Å². The van der Waals surface area contributed by atoms with E-state index in [9.17, 15) is 0 Å². The normalized spacial score (nSPS) is 19.2. The van der Waals surface area contributed by atoms with Crippen molar-refractivity contribution < 1.29 is 0 Å². The van der Waals surface area contributed by atoms with Gasteiger partial charge in [-0.1, -0.05) is 42.0 Å². The first-order valence-corrected chi connectivity index (χ1v) is 7.64. The molecule has 1 aliphatic rings. The Morgan fingerprint density at radius 1 is 1.26 bits per heavy atom. The second-order valence-electron chi connectivity index (χ2n) is 5.05. The molecule has 0 saturated heterocycles. The molecule has 0 spiro atoms. The van der Waals surface area contributed by atoms with E-state index in [0.29, 0.717) is 0 Å². The molecule has 2 aromatic rings. The highest BCUT2D eigenvalue weighted by Crippen LogP contribution is 2.26. The van der Waals surface area contributed by atoms with E-state index in [1.54, 1.807) is 11.3 Å². The molecule has 19 heavy (non-hydrogen) atoms. The third kappa shape index (κ3) is 3.11. The highest BCUT2D eigenvalue weighted by molar-refractivity contribution is 7.10. The van der Waals surface area contributed by atoms with E-state index in [2.05, 4.69) is 35.7 Å². The van der Waals surface area contributed by atoms with Crippen molar-refractivity contribution in [2.75, 3.05) is 0 Å². The van der Waals surface area contributed by atoms with Gasteiger partial charge < -0.3 is 5.73 Å². The lowest BCUT2D eigenvalue weighted by Gasteiger charge is -2.16.